The van der Waals surface area contributed by atoms with Crippen molar-refractivity contribution in [3.05, 3.63) is 0 Å². The summed E-state index contributed by atoms with van der Waals surface area (Å²) in [5.41, 5.74) is 0. The number of hydrogen-bond donors (Lipinski definition) is 0. The van der Waals surface area contributed by atoms with Gasteiger partial charge in [0.05, 0.1) is 0 Å². The van der Waals surface area contributed by atoms with Crippen molar-refractivity contribution in [3.8, 4) is 0 Å². The fourth-order valence-corrected chi connectivity index (χ4v) is 3.57. The normalized spacial score (nSPS) is 36.6. The third kappa shape index (κ3) is 2.53. The Morgan fingerprint density at radius 3 is 2.69 bits per heavy atom. The van der Waals surface area contributed by atoms with Gasteiger partial charge in [0, 0.05) is 0 Å². The van der Waals surface area contributed by atoms with Crippen molar-refractivity contribution in [2.75, 3.05) is 5.88 Å². The second kappa shape index (κ2) is 5.39. The van der Waals surface area contributed by atoms with Crippen LogP contribution in [0.1, 0.15) is 45.4 Å². The van der Waals surface area contributed by atoms with Gasteiger partial charge in [-0.25, -0.2) is 0 Å². The first-order chi connectivity index (χ1) is 7.74. The monoisotopic (exact) mass is 244 g/mol. The third-order valence-electron chi connectivity index (χ3n) is 4.26. The Morgan fingerprint density at radius 1 is 1.31 bits per heavy atom. The maximum absolute atomic E-state index is 11.1. The summed E-state index contributed by atoms with van der Waals surface area (Å²) in [5.74, 6) is 2.08. The molecule has 0 aromatic heterocycles. The standard InChI is InChI=1S/C13H21ClO2/c1-2-3-4-9-5-11-6-10(9)7-12(11)16-13(15)8-14/h9-12H,2-8H2,1H3/t9-,10+,11-,12-/m0/s1. The van der Waals surface area contributed by atoms with Crippen LogP contribution in [0.15, 0.2) is 0 Å². The largest absolute Gasteiger partial charge is 0.461 e. The second-order valence-corrected chi connectivity index (χ2v) is 5.56. The first kappa shape index (κ1) is 12.2. The summed E-state index contributed by atoms with van der Waals surface area (Å²) in [7, 11) is 0. The average Bonchev–Trinajstić information content (AvgIpc) is 2.85. The van der Waals surface area contributed by atoms with Gasteiger partial charge in [-0.3, -0.25) is 4.79 Å². The molecule has 16 heavy (non-hydrogen) atoms. The minimum absolute atomic E-state index is 0.00680. The lowest BCUT2D eigenvalue weighted by Gasteiger charge is -2.27. The van der Waals surface area contributed by atoms with Crippen molar-refractivity contribution in [3.63, 3.8) is 0 Å². The van der Waals surface area contributed by atoms with E-state index in [0.29, 0.717) is 5.92 Å². The molecule has 2 saturated carbocycles. The Bertz CT molecular complexity index is 254. The molecular formula is C13H21ClO2. The van der Waals surface area contributed by atoms with Gasteiger partial charge in [0.25, 0.3) is 0 Å². The lowest BCUT2D eigenvalue weighted by atomic mass is 9.84. The van der Waals surface area contributed by atoms with Gasteiger partial charge in [-0.1, -0.05) is 26.2 Å². The van der Waals surface area contributed by atoms with Crippen LogP contribution in [0.3, 0.4) is 0 Å². The van der Waals surface area contributed by atoms with E-state index >= 15 is 0 Å². The third-order valence-corrected chi connectivity index (χ3v) is 4.48. The number of rotatable bonds is 5. The van der Waals surface area contributed by atoms with Gasteiger partial charge in [-0.15, -0.1) is 11.6 Å². The van der Waals surface area contributed by atoms with Gasteiger partial charge in [-0.2, -0.15) is 0 Å². The van der Waals surface area contributed by atoms with E-state index in [2.05, 4.69) is 6.92 Å². The van der Waals surface area contributed by atoms with Gasteiger partial charge >= 0.3 is 5.97 Å². The molecule has 0 spiro atoms. The summed E-state index contributed by atoms with van der Waals surface area (Å²) in [6, 6.07) is 0. The summed E-state index contributed by atoms with van der Waals surface area (Å²) in [6.45, 7) is 2.25. The minimum atomic E-state index is -0.246. The highest BCUT2D eigenvalue weighted by atomic mass is 35.5. The first-order valence-electron chi connectivity index (χ1n) is 6.50. The molecule has 2 aliphatic carbocycles. The molecule has 0 heterocycles. The van der Waals surface area contributed by atoms with Crippen LogP contribution in [0.25, 0.3) is 0 Å². The molecule has 2 aliphatic rings. The number of unbranched alkanes of at least 4 members (excludes halogenated alkanes) is 1. The highest BCUT2D eigenvalue weighted by Gasteiger charge is 2.46. The topological polar surface area (TPSA) is 26.3 Å². The van der Waals surface area contributed by atoms with Crippen molar-refractivity contribution < 1.29 is 9.53 Å². The molecule has 0 aromatic carbocycles. The Labute approximate surface area is 103 Å². The maximum Gasteiger partial charge on any atom is 0.321 e. The minimum Gasteiger partial charge on any atom is -0.461 e. The first-order valence-corrected chi connectivity index (χ1v) is 7.03. The van der Waals surface area contributed by atoms with E-state index in [0.717, 1.165) is 18.3 Å². The fourth-order valence-electron chi connectivity index (χ4n) is 3.51. The number of hydrogen-bond acceptors (Lipinski definition) is 2. The molecule has 0 N–H and O–H groups in total. The number of carbonyl (C=O) groups excluding carboxylic acids is 1. The predicted octanol–water partition coefficient (Wildman–Crippen LogP) is 3.37. The summed E-state index contributed by atoms with van der Waals surface area (Å²) >= 11 is 5.46. The molecule has 0 aliphatic heterocycles. The van der Waals surface area contributed by atoms with Crippen LogP contribution in [-0.4, -0.2) is 18.0 Å². The van der Waals surface area contributed by atoms with E-state index in [1.807, 2.05) is 0 Å². The van der Waals surface area contributed by atoms with E-state index in [1.165, 1.54) is 32.1 Å². The van der Waals surface area contributed by atoms with E-state index in [4.69, 9.17) is 16.3 Å². The molecule has 0 unspecified atom stereocenters. The van der Waals surface area contributed by atoms with Gasteiger partial charge in [0.1, 0.15) is 12.0 Å². The molecule has 2 fully saturated rings. The van der Waals surface area contributed by atoms with Crippen LogP contribution in [-0.2, 0) is 9.53 Å². The molecule has 2 nitrogen and oxygen atoms in total. The highest BCUT2D eigenvalue weighted by molar-refractivity contribution is 6.26. The predicted molar refractivity (Wildman–Crippen MR) is 64.4 cm³/mol. The van der Waals surface area contributed by atoms with Crippen molar-refractivity contribution >= 4 is 17.6 Å². The molecule has 0 saturated heterocycles. The second-order valence-electron chi connectivity index (χ2n) is 5.29. The molecule has 2 bridgehead atoms. The Morgan fingerprint density at radius 2 is 2.12 bits per heavy atom. The van der Waals surface area contributed by atoms with E-state index in [-0.39, 0.29) is 18.0 Å². The SMILES string of the molecule is CCCC[C@H]1C[C@H]2C[C@@H]1C[C@@H]2OC(=O)CCl. The Kier molecular flexibility index (Phi) is 4.12. The zero-order chi connectivity index (χ0) is 11.5. The zero-order valence-corrected chi connectivity index (χ0v) is 10.7. The molecule has 0 radical (unpaired) electrons. The molecular weight excluding hydrogens is 224 g/mol. The number of alkyl halides is 1. The molecule has 0 aromatic rings. The molecule has 2 rings (SSSR count). The lowest BCUT2D eigenvalue weighted by Crippen LogP contribution is -2.27. The molecule has 3 heteroatoms. The van der Waals surface area contributed by atoms with Crippen molar-refractivity contribution in [2.24, 2.45) is 17.8 Å². The highest BCUT2D eigenvalue weighted by Crippen LogP contribution is 2.51. The summed E-state index contributed by atoms with van der Waals surface area (Å²) in [4.78, 5) is 11.1. The quantitative estimate of drug-likeness (QED) is 0.548. The number of ether oxygens (including phenoxy) is 1. The fraction of sp³-hybridized carbons (Fsp3) is 0.923. The number of fused-ring (bicyclic) bond motifs is 2. The van der Waals surface area contributed by atoms with E-state index in [9.17, 15) is 4.79 Å². The van der Waals surface area contributed by atoms with E-state index < -0.39 is 0 Å². The summed E-state index contributed by atoms with van der Waals surface area (Å²) in [6.07, 6.45) is 7.81. The maximum atomic E-state index is 11.1. The summed E-state index contributed by atoms with van der Waals surface area (Å²) in [5, 5.41) is 0. The van der Waals surface area contributed by atoms with Gasteiger partial charge in [0.2, 0.25) is 0 Å². The van der Waals surface area contributed by atoms with Crippen LogP contribution < -0.4 is 0 Å². The van der Waals surface area contributed by atoms with Crippen LogP contribution >= 0.6 is 11.6 Å². The lowest BCUT2D eigenvalue weighted by molar-refractivity contribution is -0.148. The molecule has 4 atom stereocenters. The molecule has 0 amide bonds. The molecule has 92 valence electrons. The number of halogens is 1. The smallest absolute Gasteiger partial charge is 0.321 e. The van der Waals surface area contributed by atoms with Gasteiger partial charge in [-0.05, 0) is 37.0 Å². The van der Waals surface area contributed by atoms with Crippen LogP contribution in [0.4, 0.5) is 0 Å². The number of esters is 1. The zero-order valence-electron chi connectivity index (χ0n) is 9.95. The van der Waals surface area contributed by atoms with Crippen LogP contribution in [0.2, 0.25) is 0 Å². The van der Waals surface area contributed by atoms with Crippen molar-refractivity contribution in [1.29, 1.82) is 0 Å². The Balaban J connectivity index is 1.79. The van der Waals surface area contributed by atoms with Crippen LogP contribution in [0, 0.1) is 17.8 Å². The van der Waals surface area contributed by atoms with Crippen LogP contribution in [0.5, 0.6) is 0 Å². The van der Waals surface area contributed by atoms with Crippen molar-refractivity contribution in [2.45, 2.75) is 51.6 Å². The van der Waals surface area contributed by atoms with Gasteiger partial charge in [0.15, 0.2) is 0 Å². The Hall–Kier alpha value is -0.240. The van der Waals surface area contributed by atoms with E-state index in [1.54, 1.807) is 0 Å². The summed E-state index contributed by atoms with van der Waals surface area (Å²) < 4.78 is 5.38. The van der Waals surface area contributed by atoms with Gasteiger partial charge < -0.3 is 4.74 Å². The van der Waals surface area contributed by atoms with Crippen molar-refractivity contribution in [1.82, 2.24) is 0 Å². The average molecular weight is 245 g/mol. The number of carbonyl (C=O) groups is 1.